The summed E-state index contributed by atoms with van der Waals surface area (Å²) in [6.45, 7) is 10.2. The van der Waals surface area contributed by atoms with E-state index in [9.17, 15) is 0 Å². The molecule has 0 aliphatic rings. The molecule has 1 rings (SSSR count). The Morgan fingerprint density at radius 1 is 1.46 bits per heavy atom. The zero-order chi connectivity index (χ0) is 9.84. The fourth-order valence-electron chi connectivity index (χ4n) is 1.23. The zero-order valence-electron chi connectivity index (χ0n) is 8.67. The molecule has 0 fully saturated rings. The van der Waals surface area contributed by atoms with Gasteiger partial charge < -0.3 is 0 Å². The van der Waals surface area contributed by atoms with Gasteiger partial charge in [0.2, 0.25) is 0 Å². The highest BCUT2D eigenvalue weighted by atomic mass is 14.7. The van der Waals surface area contributed by atoms with Crippen LogP contribution < -0.4 is 0 Å². The van der Waals surface area contributed by atoms with Gasteiger partial charge in [-0.25, -0.2) is 0 Å². The van der Waals surface area contributed by atoms with Crippen molar-refractivity contribution in [2.75, 3.05) is 0 Å². The maximum absolute atomic E-state index is 4.55. The van der Waals surface area contributed by atoms with Crippen molar-refractivity contribution >= 4 is 0 Å². The van der Waals surface area contributed by atoms with Crippen LogP contribution in [0, 0.1) is 0 Å². The van der Waals surface area contributed by atoms with Crippen molar-refractivity contribution in [2.24, 2.45) is 0 Å². The lowest BCUT2D eigenvalue weighted by molar-refractivity contribution is 0.809. The number of pyridine rings is 1. The lowest BCUT2D eigenvalue weighted by atomic mass is 10.1. The Morgan fingerprint density at radius 2 is 2.15 bits per heavy atom. The number of hydrogen-bond donors (Lipinski definition) is 0. The van der Waals surface area contributed by atoms with Crippen molar-refractivity contribution in [3.8, 4) is 0 Å². The largest absolute Gasteiger partial charge is 0.257 e. The molecule has 0 saturated carbocycles. The predicted molar refractivity (Wildman–Crippen MR) is 56.8 cm³/mol. The first-order valence-corrected chi connectivity index (χ1v) is 4.70. The van der Waals surface area contributed by atoms with Crippen molar-refractivity contribution < 1.29 is 0 Å². The molecule has 1 aromatic heterocycles. The Hall–Kier alpha value is -1.11. The van der Waals surface area contributed by atoms with Gasteiger partial charge in [-0.1, -0.05) is 32.1 Å². The number of hydrogen-bond acceptors (Lipinski definition) is 1. The van der Waals surface area contributed by atoms with E-state index in [0.717, 1.165) is 17.7 Å². The van der Waals surface area contributed by atoms with E-state index in [1.807, 2.05) is 6.92 Å². The third kappa shape index (κ3) is 3.02. The molecule has 1 heterocycles. The molecule has 0 aromatic carbocycles. The summed E-state index contributed by atoms with van der Waals surface area (Å²) in [5.41, 5.74) is 3.45. The van der Waals surface area contributed by atoms with E-state index in [4.69, 9.17) is 0 Å². The summed E-state index contributed by atoms with van der Waals surface area (Å²) >= 11 is 0. The molecule has 0 bridgehead atoms. The SMILES string of the molecule is C=C(C)Cc1cccc(C(C)C)n1. The molecule has 0 unspecified atom stereocenters. The first kappa shape index (κ1) is 9.97. The molecule has 1 nitrogen and oxygen atoms in total. The number of allylic oxidation sites excluding steroid dienone is 1. The van der Waals surface area contributed by atoms with Gasteiger partial charge in [0.15, 0.2) is 0 Å². The summed E-state index contributed by atoms with van der Waals surface area (Å²) < 4.78 is 0. The Balaban J connectivity index is 2.85. The van der Waals surface area contributed by atoms with Crippen LogP contribution in [0.25, 0.3) is 0 Å². The average molecular weight is 175 g/mol. The molecular formula is C12H17N. The molecule has 0 atom stereocenters. The predicted octanol–water partition coefficient (Wildman–Crippen LogP) is 3.32. The lowest BCUT2D eigenvalue weighted by Crippen LogP contribution is -1.97. The smallest absolute Gasteiger partial charge is 0.0447 e. The standard InChI is InChI=1S/C12H17N/c1-9(2)8-11-6-5-7-12(13-11)10(3)4/h5-7,10H,1,8H2,2-4H3. The van der Waals surface area contributed by atoms with Gasteiger partial charge in [-0.15, -0.1) is 0 Å². The second-order valence-corrected chi connectivity index (χ2v) is 3.84. The lowest BCUT2D eigenvalue weighted by Gasteiger charge is -2.06. The van der Waals surface area contributed by atoms with Crippen LogP contribution in [0.3, 0.4) is 0 Å². The maximum Gasteiger partial charge on any atom is 0.0447 e. The third-order valence-electron chi connectivity index (χ3n) is 1.90. The van der Waals surface area contributed by atoms with Crippen molar-refractivity contribution in [1.29, 1.82) is 0 Å². The Kier molecular flexibility index (Phi) is 3.24. The number of nitrogens with zero attached hydrogens (tertiary/aromatic N) is 1. The van der Waals surface area contributed by atoms with Crippen LogP contribution in [-0.4, -0.2) is 4.98 Å². The van der Waals surface area contributed by atoms with E-state index >= 15 is 0 Å². The van der Waals surface area contributed by atoms with Gasteiger partial charge in [0.25, 0.3) is 0 Å². The van der Waals surface area contributed by atoms with Gasteiger partial charge in [0, 0.05) is 17.8 Å². The topological polar surface area (TPSA) is 12.9 Å². The Bertz CT molecular complexity index is 300. The quantitative estimate of drug-likeness (QED) is 0.642. The van der Waals surface area contributed by atoms with Crippen molar-refractivity contribution in [1.82, 2.24) is 4.98 Å². The molecule has 1 aromatic rings. The Labute approximate surface area is 80.5 Å². The summed E-state index contributed by atoms with van der Waals surface area (Å²) in [5.74, 6) is 0.505. The highest BCUT2D eigenvalue weighted by Gasteiger charge is 2.01. The highest BCUT2D eigenvalue weighted by molar-refractivity contribution is 5.17. The van der Waals surface area contributed by atoms with Gasteiger partial charge in [-0.05, 0) is 25.0 Å². The van der Waals surface area contributed by atoms with Crippen molar-refractivity contribution in [3.63, 3.8) is 0 Å². The van der Waals surface area contributed by atoms with E-state index in [2.05, 4.69) is 43.6 Å². The highest BCUT2D eigenvalue weighted by Crippen LogP contribution is 2.12. The summed E-state index contributed by atoms with van der Waals surface area (Å²) in [5, 5.41) is 0. The number of aromatic nitrogens is 1. The van der Waals surface area contributed by atoms with Crippen molar-refractivity contribution in [3.05, 3.63) is 41.7 Å². The molecule has 1 heteroatoms. The molecule has 0 spiro atoms. The van der Waals surface area contributed by atoms with Gasteiger partial charge in [-0.3, -0.25) is 4.98 Å². The molecule has 0 radical (unpaired) electrons. The van der Waals surface area contributed by atoms with E-state index < -0.39 is 0 Å². The summed E-state index contributed by atoms with van der Waals surface area (Å²) in [4.78, 5) is 4.55. The summed E-state index contributed by atoms with van der Waals surface area (Å²) in [6.07, 6.45) is 0.889. The minimum Gasteiger partial charge on any atom is -0.257 e. The molecule has 13 heavy (non-hydrogen) atoms. The summed E-state index contributed by atoms with van der Waals surface area (Å²) in [7, 11) is 0. The Morgan fingerprint density at radius 3 is 2.69 bits per heavy atom. The van der Waals surface area contributed by atoms with E-state index in [1.54, 1.807) is 0 Å². The first-order chi connectivity index (χ1) is 6.09. The average Bonchev–Trinajstić information content (AvgIpc) is 2.03. The van der Waals surface area contributed by atoms with E-state index in [1.165, 1.54) is 5.69 Å². The zero-order valence-corrected chi connectivity index (χ0v) is 8.67. The molecule has 0 aliphatic carbocycles. The van der Waals surface area contributed by atoms with Crippen LogP contribution in [0.4, 0.5) is 0 Å². The van der Waals surface area contributed by atoms with Gasteiger partial charge in [0.05, 0.1) is 0 Å². The molecule has 70 valence electrons. The first-order valence-electron chi connectivity index (χ1n) is 4.70. The molecule has 0 saturated heterocycles. The van der Waals surface area contributed by atoms with Crippen LogP contribution in [-0.2, 0) is 6.42 Å². The fourth-order valence-corrected chi connectivity index (χ4v) is 1.23. The second kappa shape index (κ2) is 4.22. The fraction of sp³-hybridized carbons (Fsp3) is 0.417. The van der Waals surface area contributed by atoms with Crippen LogP contribution in [0.15, 0.2) is 30.4 Å². The van der Waals surface area contributed by atoms with Crippen molar-refractivity contribution in [2.45, 2.75) is 33.1 Å². The third-order valence-corrected chi connectivity index (χ3v) is 1.90. The van der Waals surface area contributed by atoms with Crippen LogP contribution in [0.2, 0.25) is 0 Å². The monoisotopic (exact) mass is 175 g/mol. The van der Waals surface area contributed by atoms with Gasteiger partial charge >= 0.3 is 0 Å². The van der Waals surface area contributed by atoms with E-state index in [-0.39, 0.29) is 0 Å². The van der Waals surface area contributed by atoms with Crippen LogP contribution in [0.5, 0.6) is 0 Å². The minimum absolute atomic E-state index is 0.505. The van der Waals surface area contributed by atoms with E-state index in [0.29, 0.717) is 5.92 Å². The van der Waals surface area contributed by atoms with Crippen LogP contribution in [0.1, 0.15) is 38.1 Å². The summed E-state index contributed by atoms with van der Waals surface area (Å²) in [6, 6.07) is 6.20. The van der Waals surface area contributed by atoms with Crippen LogP contribution >= 0.6 is 0 Å². The number of rotatable bonds is 3. The normalized spacial score (nSPS) is 10.5. The molecule has 0 amide bonds. The minimum atomic E-state index is 0.505. The molecular weight excluding hydrogens is 158 g/mol. The van der Waals surface area contributed by atoms with Gasteiger partial charge in [0.1, 0.15) is 0 Å². The molecule has 0 aliphatic heterocycles. The van der Waals surface area contributed by atoms with Gasteiger partial charge in [-0.2, -0.15) is 0 Å². The second-order valence-electron chi connectivity index (χ2n) is 3.84. The molecule has 0 N–H and O–H groups in total. The maximum atomic E-state index is 4.55.